The molecular weight excluding hydrogens is 512 g/mol. The molecule has 2 aromatic carbocycles. The van der Waals surface area contributed by atoms with E-state index in [4.69, 9.17) is 0 Å². The lowest BCUT2D eigenvalue weighted by Crippen LogP contribution is -2.56. The maximum atomic E-state index is 13.8. The number of benzene rings is 2. The Bertz CT molecular complexity index is 1140. The predicted octanol–water partition coefficient (Wildman–Crippen LogP) is 5.04. The Hall–Kier alpha value is -2.84. The number of hydrogen-bond acceptors (Lipinski definition) is 4. The van der Waals surface area contributed by atoms with Gasteiger partial charge >= 0.3 is 0 Å². The number of carbonyl (C=O) groups is 2. The van der Waals surface area contributed by atoms with Gasteiger partial charge < -0.3 is 15.3 Å². The van der Waals surface area contributed by atoms with Gasteiger partial charge in [0.1, 0.15) is 11.6 Å². The highest BCUT2D eigenvalue weighted by Gasteiger charge is 2.33. The molecule has 40 heavy (non-hydrogen) atoms. The highest BCUT2D eigenvalue weighted by Crippen LogP contribution is 2.34. The van der Waals surface area contributed by atoms with Crippen molar-refractivity contribution in [3.63, 3.8) is 0 Å². The molecule has 1 fully saturated rings. The standard InChI is InChI=1S/C32H45F2N3O3/c1-20(2)12-31(40)37-11-10-24(23-8-7-9-25(16-23)32(4,5)6)17-30(37)35-19-29(39)28(36-21(3)38)15-22-13-26(33)18-27(34)14-22/h7-9,13-14,16,18,20,24,28-30,35,39H,10-12,15,17,19H2,1-6H3,(H,36,38)/t24?,28-,29+,30?/m0/s1. The first-order valence-corrected chi connectivity index (χ1v) is 14.3. The highest BCUT2D eigenvalue weighted by atomic mass is 19.1. The fraction of sp³-hybridized carbons (Fsp3) is 0.562. The highest BCUT2D eigenvalue weighted by molar-refractivity contribution is 5.77. The number of halogens is 2. The first-order chi connectivity index (χ1) is 18.7. The van der Waals surface area contributed by atoms with Crippen LogP contribution in [0.2, 0.25) is 0 Å². The topological polar surface area (TPSA) is 81.7 Å². The van der Waals surface area contributed by atoms with Gasteiger partial charge in [-0.1, -0.05) is 58.9 Å². The number of aliphatic hydroxyl groups is 1. The summed E-state index contributed by atoms with van der Waals surface area (Å²) in [7, 11) is 0. The van der Waals surface area contributed by atoms with E-state index in [-0.39, 0.29) is 48.2 Å². The van der Waals surface area contributed by atoms with Crippen LogP contribution in [0.15, 0.2) is 42.5 Å². The summed E-state index contributed by atoms with van der Waals surface area (Å²) < 4.78 is 27.5. The quantitative estimate of drug-likeness (QED) is 0.383. The number of likely N-dealkylation sites (tertiary alicyclic amines) is 1. The first kappa shape index (κ1) is 31.7. The van der Waals surface area contributed by atoms with Gasteiger partial charge in [-0.25, -0.2) is 8.78 Å². The van der Waals surface area contributed by atoms with E-state index >= 15 is 0 Å². The third-order valence-corrected chi connectivity index (χ3v) is 7.52. The molecule has 4 atom stereocenters. The number of amides is 2. The van der Waals surface area contributed by atoms with Gasteiger partial charge in [0.2, 0.25) is 11.8 Å². The van der Waals surface area contributed by atoms with Gasteiger partial charge in [-0.3, -0.25) is 14.9 Å². The smallest absolute Gasteiger partial charge is 0.224 e. The van der Waals surface area contributed by atoms with Crippen molar-refractivity contribution >= 4 is 11.8 Å². The Morgan fingerprint density at radius 3 is 2.38 bits per heavy atom. The summed E-state index contributed by atoms with van der Waals surface area (Å²) in [6.07, 6.45) is 0.663. The number of aliphatic hydroxyl groups excluding tert-OH is 1. The van der Waals surface area contributed by atoms with Gasteiger partial charge in [-0.05, 0) is 65.3 Å². The second-order valence-corrected chi connectivity index (χ2v) is 12.6. The molecule has 0 saturated carbocycles. The molecule has 0 aliphatic carbocycles. The van der Waals surface area contributed by atoms with Crippen molar-refractivity contribution in [3.8, 4) is 0 Å². The SMILES string of the molecule is CC(=O)N[C@@H](Cc1cc(F)cc(F)c1)[C@H](O)CNC1CC(c2cccc(C(C)(C)C)c2)CCN1C(=O)CC(C)C. The normalized spacial score (nSPS) is 19.4. The van der Waals surface area contributed by atoms with Crippen molar-refractivity contribution in [1.82, 2.24) is 15.5 Å². The fourth-order valence-electron chi connectivity index (χ4n) is 5.41. The fourth-order valence-corrected chi connectivity index (χ4v) is 5.41. The molecule has 0 aromatic heterocycles. The molecule has 2 unspecified atom stereocenters. The molecule has 2 amide bonds. The summed E-state index contributed by atoms with van der Waals surface area (Å²) in [5, 5.41) is 17.2. The lowest BCUT2D eigenvalue weighted by Gasteiger charge is -2.41. The first-order valence-electron chi connectivity index (χ1n) is 14.3. The lowest BCUT2D eigenvalue weighted by atomic mass is 9.81. The van der Waals surface area contributed by atoms with E-state index in [1.807, 2.05) is 18.7 Å². The Balaban J connectivity index is 1.78. The Morgan fingerprint density at radius 1 is 1.10 bits per heavy atom. The third-order valence-electron chi connectivity index (χ3n) is 7.52. The molecule has 3 rings (SSSR count). The van der Waals surface area contributed by atoms with Gasteiger partial charge in [0, 0.05) is 32.5 Å². The molecule has 1 aliphatic rings. The minimum atomic E-state index is -1.05. The summed E-state index contributed by atoms with van der Waals surface area (Å²) in [4.78, 5) is 26.9. The minimum Gasteiger partial charge on any atom is -0.390 e. The van der Waals surface area contributed by atoms with Crippen LogP contribution in [-0.4, -0.2) is 53.2 Å². The summed E-state index contributed by atoms with van der Waals surface area (Å²) in [6.45, 7) is 12.6. The molecule has 220 valence electrons. The number of carbonyl (C=O) groups excluding carboxylic acids is 2. The number of piperidine rings is 1. The predicted molar refractivity (Wildman–Crippen MR) is 154 cm³/mol. The van der Waals surface area contributed by atoms with Gasteiger partial charge in [-0.2, -0.15) is 0 Å². The van der Waals surface area contributed by atoms with E-state index in [0.717, 1.165) is 12.5 Å². The van der Waals surface area contributed by atoms with Crippen LogP contribution in [0, 0.1) is 17.6 Å². The average molecular weight is 558 g/mol. The van der Waals surface area contributed by atoms with Crippen molar-refractivity contribution in [1.29, 1.82) is 0 Å². The number of hydrogen-bond donors (Lipinski definition) is 3. The number of nitrogens with one attached hydrogen (secondary N) is 2. The molecule has 3 N–H and O–H groups in total. The minimum absolute atomic E-state index is 0.0228. The molecule has 6 nitrogen and oxygen atoms in total. The maximum Gasteiger partial charge on any atom is 0.224 e. The molecule has 1 heterocycles. The van der Waals surface area contributed by atoms with Crippen LogP contribution in [0.3, 0.4) is 0 Å². The van der Waals surface area contributed by atoms with E-state index in [1.165, 1.54) is 30.2 Å². The average Bonchev–Trinajstić information content (AvgIpc) is 2.85. The molecular formula is C32H45F2N3O3. The molecule has 8 heteroatoms. The van der Waals surface area contributed by atoms with Gasteiger partial charge in [0.05, 0.1) is 18.3 Å². The second kappa shape index (κ2) is 13.7. The monoisotopic (exact) mass is 557 g/mol. The van der Waals surface area contributed by atoms with E-state index < -0.39 is 23.8 Å². The van der Waals surface area contributed by atoms with Gasteiger partial charge in [0.25, 0.3) is 0 Å². The Kier molecular flexibility index (Phi) is 10.8. The Morgan fingerprint density at radius 2 is 1.77 bits per heavy atom. The van der Waals surface area contributed by atoms with Crippen molar-refractivity contribution < 1.29 is 23.5 Å². The van der Waals surface area contributed by atoms with Crippen molar-refractivity contribution in [2.24, 2.45) is 5.92 Å². The Labute approximate surface area is 237 Å². The van der Waals surface area contributed by atoms with Crippen molar-refractivity contribution in [3.05, 3.63) is 70.8 Å². The summed E-state index contributed by atoms with van der Waals surface area (Å²) in [5.74, 6) is -1.26. The van der Waals surface area contributed by atoms with Crippen LogP contribution in [0.25, 0.3) is 0 Å². The maximum absolute atomic E-state index is 13.8. The van der Waals surface area contributed by atoms with Crippen molar-refractivity contribution in [2.45, 2.75) is 96.9 Å². The van der Waals surface area contributed by atoms with E-state index in [1.54, 1.807) is 0 Å². The van der Waals surface area contributed by atoms with E-state index in [9.17, 15) is 23.5 Å². The van der Waals surface area contributed by atoms with Gasteiger partial charge in [-0.15, -0.1) is 0 Å². The largest absolute Gasteiger partial charge is 0.390 e. The van der Waals surface area contributed by atoms with E-state index in [2.05, 4.69) is 55.7 Å². The zero-order chi connectivity index (χ0) is 29.6. The zero-order valence-corrected chi connectivity index (χ0v) is 24.6. The second-order valence-electron chi connectivity index (χ2n) is 12.6. The van der Waals surface area contributed by atoms with Crippen LogP contribution in [0.5, 0.6) is 0 Å². The molecule has 0 bridgehead atoms. The number of nitrogens with zero attached hydrogens (tertiary/aromatic N) is 1. The van der Waals surface area contributed by atoms with Crippen LogP contribution in [-0.2, 0) is 21.4 Å². The zero-order valence-electron chi connectivity index (χ0n) is 24.6. The van der Waals surface area contributed by atoms with Crippen molar-refractivity contribution in [2.75, 3.05) is 13.1 Å². The molecule has 2 aromatic rings. The van der Waals surface area contributed by atoms with Crippen LogP contribution in [0.4, 0.5) is 8.78 Å². The third kappa shape index (κ3) is 9.10. The lowest BCUT2D eigenvalue weighted by molar-refractivity contribution is -0.137. The van der Waals surface area contributed by atoms with E-state index in [0.29, 0.717) is 24.9 Å². The molecule has 1 aliphatic heterocycles. The molecule has 0 radical (unpaired) electrons. The molecule has 0 spiro atoms. The van der Waals surface area contributed by atoms with Gasteiger partial charge in [0.15, 0.2) is 0 Å². The van der Waals surface area contributed by atoms with Crippen LogP contribution < -0.4 is 10.6 Å². The van der Waals surface area contributed by atoms with Crippen LogP contribution >= 0.6 is 0 Å². The summed E-state index contributed by atoms with van der Waals surface area (Å²) in [6, 6.07) is 11.0. The summed E-state index contributed by atoms with van der Waals surface area (Å²) >= 11 is 0. The number of rotatable bonds is 10. The summed E-state index contributed by atoms with van der Waals surface area (Å²) in [5.41, 5.74) is 2.85. The molecule has 1 saturated heterocycles. The van der Waals surface area contributed by atoms with Crippen LogP contribution in [0.1, 0.15) is 83.4 Å².